The average molecular weight is 320 g/mol. The lowest BCUT2D eigenvalue weighted by Gasteiger charge is -2.31. The van der Waals surface area contributed by atoms with E-state index in [-0.39, 0.29) is 0 Å². The molecule has 1 aliphatic heterocycles. The van der Waals surface area contributed by atoms with Gasteiger partial charge in [0.2, 0.25) is 0 Å². The van der Waals surface area contributed by atoms with Crippen LogP contribution in [0.25, 0.3) is 10.9 Å². The van der Waals surface area contributed by atoms with E-state index >= 15 is 0 Å². The second-order valence-electron chi connectivity index (χ2n) is 5.60. The Morgan fingerprint density at radius 3 is 2.95 bits per heavy atom. The van der Waals surface area contributed by atoms with Gasteiger partial charge in [0.25, 0.3) is 0 Å². The van der Waals surface area contributed by atoms with Gasteiger partial charge in [0.05, 0.1) is 5.02 Å². The Bertz CT molecular complexity index is 658. The smallest absolute Gasteiger partial charge is 0.152 e. The maximum atomic E-state index is 6.39. The van der Waals surface area contributed by atoms with Crippen LogP contribution in [0.2, 0.25) is 5.02 Å². The zero-order valence-corrected chi connectivity index (χ0v) is 13.9. The topological polar surface area (TPSA) is 28.6 Å². The number of pyridine rings is 1. The average Bonchev–Trinajstić information content (AvgIpc) is 2.56. The molecule has 0 amide bonds. The monoisotopic (exact) mass is 319 g/mol. The quantitative estimate of drug-likeness (QED) is 0.844. The maximum absolute atomic E-state index is 6.39. The van der Waals surface area contributed by atoms with E-state index in [4.69, 9.17) is 16.3 Å². The Hall–Kier alpha value is -1.36. The Labute approximate surface area is 136 Å². The van der Waals surface area contributed by atoms with Crippen molar-refractivity contribution in [2.45, 2.75) is 20.4 Å². The lowest BCUT2D eigenvalue weighted by molar-refractivity contribution is 0.0857. The van der Waals surface area contributed by atoms with Crippen molar-refractivity contribution in [3.63, 3.8) is 0 Å². The molecule has 0 radical (unpaired) electrons. The van der Waals surface area contributed by atoms with Crippen molar-refractivity contribution in [3.8, 4) is 5.75 Å². The minimum atomic E-state index is 0.613. The summed E-state index contributed by atoms with van der Waals surface area (Å²) in [6, 6.07) is 5.91. The van der Waals surface area contributed by atoms with E-state index in [9.17, 15) is 0 Å². The molecule has 0 bridgehead atoms. The van der Waals surface area contributed by atoms with E-state index in [1.165, 1.54) is 0 Å². The third-order valence-electron chi connectivity index (χ3n) is 4.28. The fourth-order valence-corrected chi connectivity index (χ4v) is 3.20. The van der Waals surface area contributed by atoms with Gasteiger partial charge in [-0.2, -0.15) is 0 Å². The SMILES string of the molecule is CCN(CC)CCN1COc2c(cc(Cl)c3cccnc23)C1. The van der Waals surface area contributed by atoms with Gasteiger partial charge in [0.15, 0.2) is 5.75 Å². The van der Waals surface area contributed by atoms with Crippen LogP contribution in [-0.2, 0) is 6.54 Å². The van der Waals surface area contributed by atoms with Gasteiger partial charge in [-0.15, -0.1) is 0 Å². The van der Waals surface area contributed by atoms with Gasteiger partial charge in [-0.3, -0.25) is 9.88 Å². The van der Waals surface area contributed by atoms with E-state index in [0.29, 0.717) is 6.73 Å². The first kappa shape index (κ1) is 15.5. The molecule has 1 aromatic heterocycles. The summed E-state index contributed by atoms with van der Waals surface area (Å²) in [4.78, 5) is 9.18. The molecule has 0 unspecified atom stereocenters. The van der Waals surface area contributed by atoms with Crippen molar-refractivity contribution in [3.05, 3.63) is 35.0 Å². The Morgan fingerprint density at radius 2 is 2.18 bits per heavy atom. The van der Waals surface area contributed by atoms with Crippen LogP contribution in [0.3, 0.4) is 0 Å². The molecule has 0 saturated heterocycles. The number of halogens is 1. The number of aromatic nitrogens is 1. The van der Waals surface area contributed by atoms with Crippen LogP contribution < -0.4 is 4.74 Å². The molecule has 5 heteroatoms. The molecule has 0 saturated carbocycles. The maximum Gasteiger partial charge on any atom is 0.152 e. The summed E-state index contributed by atoms with van der Waals surface area (Å²) in [7, 11) is 0. The molecule has 0 N–H and O–H groups in total. The van der Waals surface area contributed by atoms with Crippen LogP contribution >= 0.6 is 11.6 Å². The fourth-order valence-electron chi connectivity index (χ4n) is 2.91. The highest BCUT2D eigenvalue weighted by Gasteiger charge is 2.21. The normalized spacial score (nSPS) is 15.1. The summed E-state index contributed by atoms with van der Waals surface area (Å²) in [5.41, 5.74) is 2.00. The van der Waals surface area contributed by atoms with Crippen molar-refractivity contribution in [1.29, 1.82) is 0 Å². The molecule has 4 nitrogen and oxygen atoms in total. The Morgan fingerprint density at radius 1 is 1.36 bits per heavy atom. The summed E-state index contributed by atoms with van der Waals surface area (Å²) >= 11 is 6.39. The molecule has 1 aliphatic rings. The number of rotatable bonds is 5. The first-order valence-corrected chi connectivity index (χ1v) is 8.24. The highest BCUT2D eigenvalue weighted by molar-refractivity contribution is 6.35. The van der Waals surface area contributed by atoms with E-state index in [1.54, 1.807) is 6.20 Å². The Kier molecular flexibility index (Phi) is 4.81. The third-order valence-corrected chi connectivity index (χ3v) is 4.60. The van der Waals surface area contributed by atoms with Gasteiger partial charge in [-0.1, -0.05) is 25.4 Å². The number of likely N-dealkylation sites (N-methyl/N-ethyl adjacent to an activating group) is 1. The van der Waals surface area contributed by atoms with Crippen molar-refractivity contribution in [2.24, 2.45) is 0 Å². The highest BCUT2D eigenvalue weighted by atomic mass is 35.5. The molecule has 0 spiro atoms. The van der Waals surface area contributed by atoms with Crippen LogP contribution in [0.4, 0.5) is 0 Å². The zero-order valence-electron chi connectivity index (χ0n) is 13.2. The van der Waals surface area contributed by atoms with Gasteiger partial charge in [0, 0.05) is 36.8 Å². The minimum absolute atomic E-state index is 0.613. The predicted octanol–water partition coefficient (Wildman–Crippen LogP) is 3.38. The fraction of sp³-hybridized carbons (Fsp3) is 0.471. The molecule has 0 aliphatic carbocycles. The second-order valence-corrected chi connectivity index (χ2v) is 6.01. The van der Waals surface area contributed by atoms with Crippen LogP contribution in [0.5, 0.6) is 5.75 Å². The number of ether oxygens (including phenoxy) is 1. The number of benzene rings is 1. The van der Waals surface area contributed by atoms with Crippen molar-refractivity contribution >= 4 is 22.5 Å². The van der Waals surface area contributed by atoms with Crippen molar-refractivity contribution in [2.75, 3.05) is 32.9 Å². The zero-order chi connectivity index (χ0) is 15.5. The number of fused-ring (bicyclic) bond motifs is 3. The van der Waals surface area contributed by atoms with Gasteiger partial charge in [0.1, 0.15) is 12.2 Å². The van der Waals surface area contributed by atoms with E-state index in [2.05, 4.69) is 28.6 Å². The summed E-state index contributed by atoms with van der Waals surface area (Å²) in [5, 5.41) is 1.70. The molecular formula is C17H22ClN3O. The number of nitrogens with zero attached hydrogens (tertiary/aromatic N) is 3. The predicted molar refractivity (Wildman–Crippen MR) is 90.4 cm³/mol. The van der Waals surface area contributed by atoms with Gasteiger partial charge < -0.3 is 9.64 Å². The summed E-state index contributed by atoms with van der Waals surface area (Å²) in [6.07, 6.45) is 1.79. The van der Waals surface area contributed by atoms with E-state index < -0.39 is 0 Å². The van der Waals surface area contributed by atoms with Crippen LogP contribution in [0.15, 0.2) is 24.4 Å². The molecule has 2 heterocycles. The van der Waals surface area contributed by atoms with E-state index in [0.717, 1.165) is 60.0 Å². The number of hydrogen-bond acceptors (Lipinski definition) is 4. The van der Waals surface area contributed by atoms with Crippen LogP contribution in [0, 0.1) is 0 Å². The van der Waals surface area contributed by atoms with Gasteiger partial charge >= 0.3 is 0 Å². The number of hydrogen-bond donors (Lipinski definition) is 0. The van der Waals surface area contributed by atoms with Crippen LogP contribution in [0.1, 0.15) is 19.4 Å². The largest absolute Gasteiger partial charge is 0.475 e. The first-order valence-electron chi connectivity index (χ1n) is 7.86. The van der Waals surface area contributed by atoms with Crippen molar-refractivity contribution in [1.82, 2.24) is 14.8 Å². The van der Waals surface area contributed by atoms with Crippen molar-refractivity contribution < 1.29 is 4.74 Å². The first-order chi connectivity index (χ1) is 10.7. The van der Waals surface area contributed by atoms with Gasteiger partial charge in [-0.05, 0) is 31.3 Å². The van der Waals surface area contributed by atoms with Gasteiger partial charge in [-0.25, -0.2) is 0 Å². The van der Waals surface area contributed by atoms with Crippen LogP contribution in [-0.4, -0.2) is 47.7 Å². The molecule has 0 atom stereocenters. The molecule has 1 aromatic carbocycles. The lowest BCUT2D eigenvalue weighted by Crippen LogP contribution is -2.38. The molecular weight excluding hydrogens is 298 g/mol. The second kappa shape index (κ2) is 6.82. The molecule has 0 fully saturated rings. The standard InChI is InChI=1S/C17H22ClN3O/c1-3-20(4-2)8-9-21-11-13-10-15(18)14-6-5-7-19-16(14)17(13)22-12-21/h5-7,10H,3-4,8-9,11-12H2,1-2H3. The third kappa shape index (κ3) is 3.05. The summed E-state index contributed by atoms with van der Waals surface area (Å²) < 4.78 is 5.99. The molecule has 118 valence electrons. The highest BCUT2D eigenvalue weighted by Crippen LogP contribution is 2.36. The molecule has 2 aromatic rings. The lowest BCUT2D eigenvalue weighted by atomic mass is 10.1. The summed E-state index contributed by atoms with van der Waals surface area (Å²) in [6.45, 7) is 10.1. The van der Waals surface area contributed by atoms with E-state index in [1.807, 2.05) is 18.2 Å². The minimum Gasteiger partial charge on any atom is -0.475 e. The summed E-state index contributed by atoms with van der Waals surface area (Å²) in [5.74, 6) is 0.888. The molecule has 3 rings (SSSR count). The Balaban J connectivity index is 1.79. The molecule has 22 heavy (non-hydrogen) atoms.